The summed E-state index contributed by atoms with van der Waals surface area (Å²) in [7, 11) is 6.16. The SMILES string of the molecule is C[C@H](C(=O)NC1CC1)[NH+](C)Cc1ccc(N(C)C)cc1. The summed E-state index contributed by atoms with van der Waals surface area (Å²) in [4.78, 5) is 15.3. The molecule has 1 aliphatic rings. The Hall–Kier alpha value is -1.55. The second kappa shape index (κ2) is 6.27. The topological polar surface area (TPSA) is 36.8 Å². The molecule has 2 N–H and O–H groups in total. The molecule has 0 radical (unpaired) electrons. The van der Waals surface area contributed by atoms with E-state index in [0.29, 0.717) is 6.04 Å². The Morgan fingerprint density at radius 1 is 1.35 bits per heavy atom. The fourth-order valence-corrected chi connectivity index (χ4v) is 2.16. The van der Waals surface area contributed by atoms with Gasteiger partial charge >= 0.3 is 0 Å². The van der Waals surface area contributed by atoms with E-state index in [9.17, 15) is 4.79 Å². The quantitative estimate of drug-likeness (QED) is 0.791. The zero-order valence-corrected chi connectivity index (χ0v) is 12.9. The Balaban J connectivity index is 1.88. The Bertz CT molecular complexity index is 451. The number of benzene rings is 1. The number of nitrogens with zero attached hydrogens (tertiary/aromatic N) is 1. The summed E-state index contributed by atoms with van der Waals surface area (Å²) >= 11 is 0. The minimum absolute atomic E-state index is 0.0101. The Morgan fingerprint density at radius 2 is 1.95 bits per heavy atom. The number of nitrogens with one attached hydrogen (secondary N) is 2. The summed E-state index contributed by atoms with van der Waals surface area (Å²) in [5.41, 5.74) is 2.46. The van der Waals surface area contributed by atoms with Gasteiger partial charge in [-0.3, -0.25) is 4.79 Å². The first-order chi connectivity index (χ1) is 9.47. The van der Waals surface area contributed by atoms with Crippen molar-refractivity contribution < 1.29 is 9.69 Å². The van der Waals surface area contributed by atoms with Crippen molar-refractivity contribution in [3.05, 3.63) is 29.8 Å². The van der Waals surface area contributed by atoms with Crippen LogP contribution in [-0.2, 0) is 11.3 Å². The van der Waals surface area contributed by atoms with E-state index in [1.807, 2.05) is 21.0 Å². The minimum atomic E-state index is -0.0101. The predicted octanol–water partition coefficient (Wildman–Crippen LogP) is 0.434. The maximum atomic E-state index is 12.0. The first-order valence-corrected chi connectivity index (χ1v) is 7.36. The Kier molecular flexibility index (Phi) is 4.65. The standard InChI is InChI=1S/C16H25N3O/c1-12(16(20)17-14-7-8-14)19(4)11-13-5-9-15(10-6-13)18(2)3/h5-6,9-10,12,14H,7-8,11H2,1-4H3,(H,17,20)/p+1/t12-/m1/s1. The molecule has 1 unspecified atom stereocenters. The van der Waals surface area contributed by atoms with Crippen LogP contribution < -0.4 is 15.1 Å². The summed E-state index contributed by atoms with van der Waals surface area (Å²) < 4.78 is 0. The first kappa shape index (κ1) is 14.9. The molecule has 1 aliphatic carbocycles. The second-order valence-electron chi connectivity index (χ2n) is 6.09. The number of rotatable bonds is 6. The number of hydrogen-bond acceptors (Lipinski definition) is 2. The van der Waals surface area contributed by atoms with Crippen LogP contribution in [0.3, 0.4) is 0 Å². The highest BCUT2D eigenvalue weighted by Gasteiger charge is 2.29. The molecule has 0 saturated heterocycles. The van der Waals surface area contributed by atoms with Crippen LogP contribution >= 0.6 is 0 Å². The van der Waals surface area contributed by atoms with Gasteiger partial charge in [-0.2, -0.15) is 0 Å². The van der Waals surface area contributed by atoms with Gasteiger partial charge in [0.25, 0.3) is 5.91 Å². The highest BCUT2D eigenvalue weighted by Crippen LogP contribution is 2.18. The molecular formula is C16H26N3O+. The zero-order chi connectivity index (χ0) is 14.7. The molecule has 4 nitrogen and oxygen atoms in total. The smallest absolute Gasteiger partial charge is 0.278 e. The van der Waals surface area contributed by atoms with Crippen LogP contribution in [-0.4, -0.2) is 39.1 Å². The van der Waals surface area contributed by atoms with Gasteiger partial charge in [-0.1, -0.05) is 12.1 Å². The molecule has 0 aliphatic heterocycles. The molecule has 4 heteroatoms. The molecule has 1 amide bonds. The molecule has 1 aromatic rings. The lowest BCUT2D eigenvalue weighted by atomic mass is 10.1. The van der Waals surface area contributed by atoms with Crippen molar-refractivity contribution in [3.8, 4) is 0 Å². The van der Waals surface area contributed by atoms with Crippen molar-refractivity contribution in [2.24, 2.45) is 0 Å². The molecule has 110 valence electrons. The van der Waals surface area contributed by atoms with Crippen LogP contribution in [0.15, 0.2) is 24.3 Å². The van der Waals surface area contributed by atoms with E-state index in [1.165, 1.54) is 16.2 Å². The van der Waals surface area contributed by atoms with E-state index in [0.717, 1.165) is 19.4 Å². The van der Waals surface area contributed by atoms with Gasteiger partial charge in [-0.25, -0.2) is 0 Å². The minimum Gasteiger partial charge on any atom is -0.378 e. The van der Waals surface area contributed by atoms with Crippen molar-refractivity contribution in [1.82, 2.24) is 5.32 Å². The van der Waals surface area contributed by atoms with Crippen LogP contribution in [0.1, 0.15) is 25.3 Å². The molecular weight excluding hydrogens is 250 g/mol. The molecule has 0 bridgehead atoms. The summed E-state index contributed by atoms with van der Waals surface area (Å²) in [6.45, 7) is 2.87. The number of anilines is 1. The normalized spacial score (nSPS) is 17.4. The predicted molar refractivity (Wildman–Crippen MR) is 82.0 cm³/mol. The van der Waals surface area contributed by atoms with Gasteiger partial charge in [0.05, 0.1) is 7.05 Å². The molecule has 2 atom stereocenters. The lowest BCUT2D eigenvalue weighted by Gasteiger charge is -2.21. The largest absolute Gasteiger partial charge is 0.378 e. The molecule has 1 fully saturated rings. The van der Waals surface area contributed by atoms with Crippen LogP contribution in [0, 0.1) is 0 Å². The third kappa shape index (κ3) is 3.97. The van der Waals surface area contributed by atoms with Crippen molar-refractivity contribution in [3.63, 3.8) is 0 Å². The Morgan fingerprint density at radius 3 is 2.45 bits per heavy atom. The molecule has 0 aromatic heterocycles. The van der Waals surface area contributed by atoms with Gasteiger partial charge in [0.1, 0.15) is 6.54 Å². The summed E-state index contributed by atoms with van der Waals surface area (Å²) in [6, 6.07) is 8.96. The summed E-state index contributed by atoms with van der Waals surface area (Å²) in [6.07, 6.45) is 2.28. The van der Waals surface area contributed by atoms with E-state index in [2.05, 4.69) is 41.5 Å². The van der Waals surface area contributed by atoms with Gasteiger partial charge in [-0.05, 0) is 31.9 Å². The van der Waals surface area contributed by atoms with E-state index < -0.39 is 0 Å². The van der Waals surface area contributed by atoms with Crippen LogP contribution in [0.4, 0.5) is 5.69 Å². The van der Waals surface area contributed by atoms with Gasteiger partial charge in [0, 0.05) is 31.4 Å². The molecule has 2 rings (SSSR count). The van der Waals surface area contributed by atoms with Gasteiger partial charge in [0.2, 0.25) is 0 Å². The third-order valence-corrected chi connectivity index (χ3v) is 3.99. The lowest BCUT2D eigenvalue weighted by Crippen LogP contribution is -3.12. The molecule has 0 heterocycles. The average Bonchev–Trinajstić information content (AvgIpc) is 3.22. The van der Waals surface area contributed by atoms with Gasteiger partial charge in [0.15, 0.2) is 6.04 Å². The van der Waals surface area contributed by atoms with E-state index >= 15 is 0 Å². The number of quaternary nitrogens is 1. The van der Waals surface area contributed by atoms with Crippen molar-refractivity contribution in [2.75, 3.05) is 26.0 Å². The number of hydrogen-bond donors (Lipinski definition) is 2. The van der Waals surface area contributed by atoms with E-state index in [-0.39, 0.29) is 11.9 Å². The van der Waals surface area contributed by atoms with Crippen LogP contribution in [0.25, 0.3) is 0 Å². The van der Waals surface area contributed by atoms with E-state index in [1.54, 1.807) is 0 Å². The fourth-order valence-electron chi connectivity index (χ4n) is 2.16. The van der Waals surface area contributed by atoms with Gasteiger partial charge < -0.3 is 15.1 Å². The van der Waals surface area contributed by atoms with Crippen LogP contribution in [0.2, 0.25) is 0 Å². The lowest BCUT2D eigenvalue weighted by molar-refractivity contribution is -0.908. The number of carbonyl (C=O) groups excluding carboxylic acids is 1. The first-order valence-electron chi connectivity index (χ1n) is 7.36. The third-order valence-electron chi connectivity index (χ3n) is 3.99. The van der Waals surface area contributed by atoms with Crippen molar-refractivity contribution >= 4 is 11.6 Å². The highest BCUT2D eigenvalue weighted by atomic mass is 16.2. The molecule has 1 saturated carbocycles. The average molecular weight is 276 g/mol. The highest BCUT2D eigenvalue weighted by molar-refractivity contribution is 5.80. The molecule has 0 spiro atoms. The molecule has 20 heavy (non-hydrogen) atoms. The van der Waals surface area contributed by atoms with E-state index in [4.69, 9.17) is 0 Å². The maximum absolute atomic E-state index is 12.0. The fraction of sp³-hybridized carbons (Fsp3) is 0.562. The second-order valence-corrected chi connectivity index (χ2v) is 6.09. The molecule has 1 aromatic carbocycles. The summed E-state index contributed by atoms with van der Waals surface area (Å²) in [5, 5.41) is 3.08. The summed E-state index contributed by atoms with van der Waals surface area (Å²) in [5.74, 6) is 0.176. The number of likely N-dealkylation sites (N-methyl/N-ethyl adjacent to an activating group) is 1. The van der Waals surface area contributed by atoms with Crippen LogP contribution in [0.5, 0.6) is 0 Å². The van der Waals surface area contributed by atoms with Crippen molar-refractivity contribution in [2.45, 2.75) is 38.4 Å². The number of carbonyl (C=O) groups is 1. The van der Waals surface area contributed by atoms with Gasteiger partial charge in [-0.15, -0.1) is 0 Å². The Labute approximate surface area is 121 Å². The maximum Gasteiger partial charge on any atom is 0.278 e. The van der Waals surface area contributed by atoms with Crippen molar-refractivity contribution in [1.29, 1.82) is 0 Å². The zero-order valence-electron chi connectivity index (χ0n) is 12.9. The number of amides is 1. The monoisotopic (exact) mass is 276 g/mol.